The van der Waals surface area contributed by atoms with E-state index in [-0.39, 0.29) is 6.54 Å². The lowest BCUT2D eigenvalue weighted by molar-refractivity contribution is -0.136. The smallest absolute Gasteiger partial charge is 0.339 e. The second-order valence-electron chi connectivity index (χ2n) is 8.90. The summed E-state index contributed by atoms with van der Waals surface area (Å²) in [7, 11) is 1.63. The van der Waals surface area contributed by atoms with Crippen molar-refractivity contribution in [3.8, 4) is 5.75 Å². The largest absolute Gasteiger partial charge is 0.497 e. The van der Waals surface area contributed by atoms with Gasteiger partial charge < -0.3 is 14.8 Å². The number of carbonyl (C=O) groups excluding carboxylic acids is 3. The Morgan fingerprint density at radius 1 is 1.11 bits per heavy atom. The molecule has 1 atom stereocenters. The fourth-order valence-electron chi connectivity index (χ4n) is 4.78. The van der Waals surface area contributed by atoms with Gasteiger partial charge in [0.2, 0.25) is 0 Å². The monoisotopic (exact) mass is 485 g/mol. The highest BCUT2D eigenvalue weighted by Gasteiger charge is 2.33. The normalized spacial score (nSPS) is 17.0. The molecule has 0 radical (unpaired) electrons. The van der Waals surface area contributed by atoms with Crippen LogP contribution in [0.4, 0.5) is 4.79 Å². The molecule has 1 saturated heterocycles. The summed E-state index contributed by atoms with van der Waals surface area (Å²) in [6, 6.07) is 14.8. The van der Waals surface area contributed by atoms with Crippen molar-refractivity contribution < 1.29 is 23.9 Å². The Labute approximate surface area is 208 Å². The Kier molecular flexibility index (Phi) is 6.41. The molecule has 0 spiro atoms. The zero-order valence-corrected chi connectivity index (χ0v) is 20.2. The Morgan fingerprint density at radius 2 is 1.89 bits per heavy atom. The molecule has 1 unspecified atom stereocenters. The zero-order chi connectivity index (χ0) is 25.2. The molecule has 0 saturated carbocycles. The number of allylic oxidation sites excluding steroid dienone is 1. The van der Waals surface area contributed by atoms with E-state index < -0.39 is 24.0 Å². The van der Waals surface area contributed by atoms with Gasteiger partial charge in [-0.2, -0.15) is 0 Å². The number of amides is 3. The second kappa shape index (κ2) is 9.81. The Hall–Kier alpha value is -4.20. The van der Waals surface area contributed by atoms with Crippen molar-refractivity contribution in [2.24, 2.45) is 0 Å². The van der Waals surface area contributed by atoms with E-state index in [1.165, 1.54) is 6.92 Å². The molecule has 184 valence electrons. The minimum Gasteiger partial charge on any atom is -0.497 e. The maximum Gasteiger partial charge on any atom is 0.339 e. The van der Waals surface area contributed by atoms with Gasteiger partial charge in [0.05, 0.1) is 23.9 Å². The van der Waals surface area contributed by atoms with E-state index in [9.17, 15) is 14.4 Å². The molecule has 1 aliphatic carbocycles. The summed E-state index contributed by atoms with van der Waals surface area (Å²) in [4.78, 5) is 44.2. The number of para-hydroxylation sites is 1. The zero-order valence-electron chi connectivity index (χ0n) is 20.2. The summed E-state index contributed by atoms with van der Waals surface area (Å²) in [6.45, 7) is 2.14. The van der Waals surface area contributed by atoms with E-state index in [0.29, 0.717) is 29.4 Å². The summed E-state index contributed by atoms with van der Waals surface area (Å²) >= 11 is 0. The SMILES string of the molecule is COc1ccc(/C=C2\CCCc3c2nc2ccccc2c3C(=O)OC(C)C(=O)N2CCNC2=O)cc1. The number of ether oxygens (including phenoxy) is 2. The number of imide groups is 1. The summed E-state index contributed by atoms with van der Waals surface area (Å²) in [6.07, 6.45) is 3.36. The third kappa shape index (κ3) is 4.42. The maximum absolute atomic E-state index is 13.5. The summed E-state index contributed by atoms with van der Waals surface area (Å²) in [5, 5.41) is 3.28. The van der Waals surface area contributed by atoms with Crippen LogP contribution in [-0.4, -0.2) is 54.1 Å². The number of urea groups is 1. The van der Waals surface area contributed by atoms with Crippen LogP contribution in [0, 0.1) is 0 Å². The van der Waals surface area contributed by atoms with Crippen molar-refractivity contribution in [1.29, 1.82) is 0 Å². The summed E-state index contributed by atoms with van der Waals surface area (Å²) in [5.74, 6) is -0.341. The molecule has 1 aromatic heterocycles. The first-order valence-electron chi connectivity index (χ1n) is 12.0. The van der Waals surface area contributed by atoms with E-state index >= 15 is 0 Å². The fraction of sp³-hybridized carbons (Fsp3) is 0.286. The highest BCUT2D eigenvalue weighted by atomic mass is 16.5. The Bertz CT molecular complexity index is 1380. The van der Waals surface area contributed by atoms with Crippen LogP contribution in [0.2, 0.25) is 0 Å². The number of hydrogen-bond acceptors (Lipinski definition) is 6. The highest BCUT2D eigenvalue weighted by molar-refractivity contribution is 6.08. The van der Waals surface area contributed by atoms with E-state index in [1.807, 2.05) is 48.5 Å². The molecule has 8 heteroatoms. The molecule has 1 aliphatic heterocycles. The van der Waals surface area contributed by atoms with Crippen molar-refractivity contribution in [2.75, 3.05) is 20.2 Å². The first-order valence-corrected chi connectivity index (χ1v) is 12.0. The molecule has 5 rings (SSSR count). The van der Waals surface area contributed by atoms with Crippen molar-refractivity contribution >= 4 is 40.5 Å². The lowest BCUT2D eigenvalue weighted by atomic mass is 9.86. The first-order chi connectivity index (χ1) is 17.5. The molecule has 3 amide bonds. The van der Waals surface area contributed by atoms with Crippen molar-refractivity contribution in [2.45, 2.75) is 32.3 Å². The van der Waals surface area contributed by atoms with Crippen LogP contribution >= 0.6 is 0 Å². The van der Waals surface area contributed by atoms with Gasteiger partial charge in [0.15, 0.2) is 6.10 Å². The Morgan fingerprint density at radius 3 is 2.61 bits per heavy atom. The van der Waals surface area contributed by atoms with Gasteiger partial charge in [-0.15, -0.1) is 0 Å². The minimum absolute atomic E-state index is 0.257. The molecule has 2 aromatic carbocycles. The van der Waals surface area contributed by atoms with Crippen LogP contribution in [-0.2, 0) is 16.0 Å². The van der Waals surface area contributed by atoms with Gasteiger partial charge in [-0.25, -0.2) is 14.6 Å². The van der Waals surface area contributed by atoms with E-state index in [1.54, 1.807) is 7.11 Å². The van der Waals surface area contributed by atoms with E-state index in [2.05, 4.69) is 11.4 Å². The highest BCUT2D eigenvalue weighted by Crippen LogP contribution is 2.36. The van der Waals surface area contributed by atoms with Crippen LogP contribution in [0.3, 0.4) is 0 Å². The number of esters is 1. The van der Waals surface area contributed by atoms with Crippen LogP contribution in [0.1, 0.15) is 46.9 Å². The number of hydrogen-bond donors (Lipinski definition) is 1. The molecule has 1 N–H and O–H groups in total. The average Bonchev–Trinajstić information content (AvgIpc) is 3.33. The Balaban J connectivity index is 1.53. The van der Waals surface area contributed by atoms with Gasteiger partial charge in [-0.1, -0.05) is 30.3 Å². The number of nitrogens with one attached hydrogen (secondary N) is 1. The molecule has 8 nitrogen and oxygen atoms in total. The average molecular weight is 486 g/mol. The van der Waals surface area contributed by atoms with Gasteiger partial charge in [-0.05, 0) is 67.2 Å². The molecular weight excluding hydrogens is 458 g/mol. The van der Waals surface area contributed by atoms with Gasteiger partial charge in [0.1, 0.15) is 5.75 Å². The van der Waals surface area contributed by atoms with Crippen LogP contribution in [0.5, 0.6) is 5.75 Å². The molecular formula is C28H27N3O5. The number of carbonyl (C=O) groups is 3. The van der Waals surface area contributed by atoms with Crippen molar-refractivity contribution in [3.63, 3.8) is 0 Å². The number of pyridine rings is 1. The summed E-state index contributed by atoms with van der Waals surface area (Å²) in [5.41, 5.74) is 4.77. The van der Waals surface area contributed by atoms with Crippen molar-refractivity contribution in [3.05, 3.63) is 70.9 Å². The first kappa shape index (κ1) is 23.5. The predicted octanol–water partition coefficient (Wildman–Crippen LogP) is 4.22. The molecule has 0 bridgehead atoms. The summed E-state index contributed by atoms with van der Waals surface area (Å²) < 4.78 is 10.9. The predicted molar refractivity (Wildman–Crippen MR) is 136 cm³/mol. The van der Waals surface area contributed by atoms with Gasteiger partial charge in [0, 0.05) is 18.5 Å². The topological polar surface area (TPSA) is 97.8 Å². The maximum atomic E-state index is 13.5. The molecule has 1 fully saturated rings. The third-order valence-corrected chi connectivity index (χ3v) is 6.59. The minimum atomic E-state index is -1.10. The van der Waals surface area contributed by atoms with Gasteiger partial charge >= 0.3 is 12.0 Å². The number of rotatable bonds is 5. The van der Waals surface area contributed by atoms with Crippen LogP contribution < -0.4 is 10.1 Å². The molecule has 36 heavy (non-hydrogen) atoms. The number of fused-ring (bicyclic) bond motifs is 2. The third-order valence-electron chi connectivity index (χ3n) is 6.59. The molecule has 2 heterocycles. The second-order valence-corrected chi connectivity index (χ2v) is 8.90. The van der Waals surface area contributed by atoms with E-state index in [4.69, 9.17) is 14.5 Å². The van der Waals surface area contributed by atoms with Crippen LogP contribution in [0.15, 0.2) is 48.5 Å². The number of nitrogens with zero attached hydrogens (tertiary/aromatic N) is 2. The van der Waals surface area contributed by atoms with Crippen LogP contribution in [0.25, 0.3) is 22.6 Å². The number of aromatic nitrogens is 1. The lowest BCUT2D eigenvalue weighted by Gasteiger charge is -2.24. The number of benzene rings is 2. The molecule has 3 aromatic rings. The lowest BCUT2D eigenvalue weighted by Crippen LogP contribution is -2.42. The van der Waals surface area contributed by atoms with Crippen molar-refractivity contribution in [1.82, 2.24) is 15.2 Å². The quantitative estimate of drug-likeness (QED) is 0.544. The number of methoxy groups -OCH3 is 1. The molecule has 2 aliphatic rings. The standard InChI is InChI=1S/C28H27N3O5/c1-17(26(32)31-15-14-29-28(31)34)36-27(33)24-21-7-3-4-9-23(21)30-25-19(6-5-8-22(24)25)16-18-10-12-20(35-2)13-11-18/h3-4,7,9-13,16-17H,5-6,8,14-15H2,1-2H3,(H,29,34)/b19-16+. The van der Waals surface area contributed by atoms with E-state index in [0.717, 1.165) is 45.9 Å². The fourth-order valence-corrected chi connectivity index (χ4v) is 4.78. The van der Waals surface area contributed by atoms with Gasteiger partial charge in [0.25, 0.3) is 5.91 Å². The van der Waals surface area contributed by atoms with Gasteiger partial charge in [-0.3, -0.25) is 9.69 Å².